The van der Waals surface area contributed by atoms with Crippen molar-refractivity contribution in [3.8, 4) is 5.75 Å². The quantitative estimate of drug-likeness (QED) is 0.442. The van der Waals surface area contributed by atoms with Crippen LogP contribution in [0.3, 0.4) is 0 Å². The fourth-order valence-corrected chi connectivity index (χ4v) is 0.672. The summed E-state index contributed by atoms with van der Waals surface area (Å²) in [6, 6.07) is 8.53. The van der Waals surface area contributed by atoms with E-state index < -0.39 is 5.97 Å². The molecule has 1 aromatic rings. The number of carboxylic acid groups (broad SMARTS) is 1. The van der Waals surface area contributed by atoms with Gasteiger partial charge in [0.1, 0.15) is 17.5 Å². The maximum atomic E-state index is 10.2. The van der Waals surface area contributed by atoms with Gasteiger partial charge in [0.2, 0.25) is 0 Å². The van der Waals surface area contributed by atoms with Crippen LogP contribution >= 0.6 is 0 Å². The van der Waals surface area contributed by atoms with E-state index in [4.69, 9.17) is 4.74 Å². The number of benzene rings is 1. The van der Waals surface area contributed by atoms with Gasteiger partial charge in [-0.3, -0.25) is 0 Å². The average Bonchev–Trinajstić information content (AvgIpc) is 2.06. The third-order valence-electron chi connectivity index (χ3n) is 1.21. The minimum Gasteiger partial charge on any atom is -0.542 e. The van der Waals surface area contributed by atoms with Gasteiger partial charge in [0, 0.05) is 0 Å². The van der Waals surface area contributed by atoms with E-state index in [2.05, 4.69) is 6.58 Å². The minimum atomic E-state index is -1.40. The van der Waals surface area contributed by atoms with Crippen LogP contribution in [0.25, 0.3) is 0 Å². The van der Waals surface area contributed by atoms with E-state index in [1.165, 1.54) is 0 Å². The zero-order valence-electron chi connectivity index (χ0n) is 7.03. The van der Waals surface area contributed by atoms with Crippen molar-refractivity contribution >= 4 is 5.97 Å². The molecule has 0 aromatic heterocycles. The molecule has 3 nitrogen and oxygen atoms in total. The Morgan fingerprint density at radius 3 is 2.31 bits per heavy atom. The first-order valence-corrected chi connectivity index (χ1v) is 3.33. The molecule has 0 atom stereocenters. The van der Waals surface area contributed by atoms with Crippen molar-refractivity contribution in [2.45, 2.75) is 0 Å². The number of carboxylic acids is 1. The second-order valence-corrected chi connectivity index (χ2v) is 2.13. The van der Waals surface area contributed by atoms with E-state index in [0.29, 0.717) is 5.75 Å². The molecule has 1 radical (unpaired) electrons. The summed E-state index contributed by atoms with van der Waals surface area (Å²) in [6.07, 6.45) is 0. The van der Waals surface area contributed by atoms with Gasteiger partial charge in [0.05, 0.1) is 0 Å². The van der Waals surface area contributed by atoms with Crippen molar-refractivity contribution in [2.24, 2.45) is 0 Å². The van der Waals surface area contributed by atoms with Crippen LogP contribution in [0.15, 0.2) is 42.7 Å². The van der Waals surface area contributed by atoms with Crippen LogP contribution in [0, 0.1) is 0 Å². The Balaban J connectivity index is 0.00000144. The van der Waals surface area contributed by atoms with Gasteiger partial charge in [-0.15, -0.1) is 0 Å². The molecule has 0 saturated carbocycles. The molecule has 0 heterocycles. The summed E-state index contributed by atoms with van der Waals surface area (Å²) in [7, 11) is 0. The standard InChI is InChI=1S/C9H8O3.Hg/c1-7(9(10)11)12-8-5-3-2-4-6-8;/h2-6H,1H2,(H,10,11);/q;+1/p-1. The molecule has 0 aliphatic rings. The molecule has 0 spiro atoms. The van der Waals surface area contributed by atoms with Crippen LogP contribution in [0.1, 0.15) is 0 Å². The number of hydrogen-bond acceptors (Lipinski definition) is 3. The maximum Gasteiger partial charge on any atom is 1.00 e. The van der Waals surface area contributed by atoms with Crippen molar-refractivity contribution in [2.75, 3.05) is 0 Å². The van der Waals surface area contributed by atoms with Crippen molar-refractivity contribution in [3.63, 3.8) is 0 Å². The third-order valence-corrected chi connectivity index (χ3v) is 1.21. The summed E-state index contributed by atoms with van der Waals surface area (Å²) in [5.41, 5.74) is 0. The van der Waals surface area contributed by atoms with Crippen LogP contribution in [0.4, 0.5) is 0 Å². The first-order valence-electron chi connectivity index (χ1n) is 3.33. The topological polar surface area (TPSA) is 49.4 Å². The number of carbonyl (C=O) groups is 1. The Labute approximate surface area is 96.5 Å². The van der Waals surface area contributed by atoms with Gasteiger partial charge in [-0.05, 0) is 12.1 Å². The third kappa shape index (κ3) is 4.08. The Hall–Kier alpha value is -0.835. The molecule has 4 heteroatoms. The molecule has 1 rings (SSSR count). The minimum absolute atomic E-state index is 0. The largest absolute Gasteiger partial charge is 1.00 e. The Kier molecular flexibility index (Phi) is 5.38. The Bertz CT molecular complexity index is 295. The molecule has 1 aromatic carbocycles. The Morgan fingerprint density at radius 1 is 1.31 bits per heavy atom. The normalized spacial score (nSPS) is 8.31. The number of rotatable bonds is 3. The van der Waals surface area contributed by atoms with Crippen molar-refractivity contribution in [1.29, 1.82) is 0 Å². The van der Waals surface area contributed by atoms with Gasteiger partial charge in [-0.2, -0.15) is 0 Å². The summed E-state index contributed by atoms with van der Waals surface area (Å²) in [5.74, 6) is -1.35. The molecule has 0 unspecified atom stereocenters. The van der Waals surface area contributed by atoms with E-state index in [9.17, 15) is 9.90 Å². The van der Waals surface area contributed by atoms with E-state index >= 15 is 0 Å². The number of aliphatic carboxylic acids is 1. The number of para-hydroxylation sites is 1. The summed E-state index contributed by atoms with van der Waals surface area (Å²) in [6.45, 7) is 3.17. The molecule has 13 heavy (non-hydrogen) atoms. The van der Waals surface area contributed by atoms with Gasteiger partial charge in [0.25, 0.3) is 0 Å². The average molecular weight is 364 g/mol. The van der Waals surface area contributed by atoms with Crippen LogP contribution in [-0.2, 0) is 32.5 Å². The fourth-order valence-electron chi connectivity index (χ4n) is 0.672. The molecule has 0 bridgehead atoms. The molecular weight excluding hydrogens is 357 g/mol. The number of ether oxygens (including phenoxy) is 1. The van der Waals surface area contributed by atoms with E-state index in [0.717, 1.165) is 0 Å². The summed E-state index contributed by atoms with van der Waals surface area (Å²) in [5, 5.41) is 10.2. The molecule has 0 aliphatic heterocycles. The zero-order valence-corrected chi connectivity index (χ0v) is 12.5. The number of carbonyl (C=O) groups excluding carboxylic acids is 1. The van der Waals surface area contributed by atoms with Crippen molar-refractivity contribution in [3.05, 3.63) is 42.7 Å². The number of hydrogen-bond donors (Lipinski definition) is 0. The van der Waals surface area contributed by atoms with Gasteiger partial charge in [-0.1, -0.05) is 24.8 Å². The predicted octanol–water partition coefficient (Wildman–Crippen LogP) is 0.326. The van der Waals surface area contributed by atoms with Crippen molar-refractivity contribution in [1.82, 2.24) is 0 Å². The first-order chi connectivity index (χ1) is 5.70. The SMILES string of the molecule is C=C(Oc1ccccc1)C(=O)[O-].[Hg+]. The molecule has 0 N–H and O–H groups in total. The van der Waals surface area contributed by atoms with Gasteiger partial charge < -0.3 is 14.6 Å². The molecular formula is C9H7HgO3. The monoisotopic (exact) mass is 365 g/mol. The van der Waals surface area contributed by atoms with E-state index in [1.807, 2.05) is 0 Å². The molecule has 0 amide bonds. The second-order valence-electron chi connectivity index (χ2n) is 2.13. The summed E-state index contributed by atoms with van der Waals surface area (Å²) < 4.78 is 4.82. The molecule has 63 valence electrons. The summed E-state index contributed by atoms with van der Waals surface area (Å²) in [4.78, 5) is 10.2. The van der Waals surface area contributed by atoms with Crippen molar-refractivity contribution < 1.29 is 42.3 Å². The van der Waals surface area contributed by atoms with Crippen LogP contribution in [0.2, 0.25) is 0 Å². The fraction of sp³-hybridized carbons (Fsp3) is 0. The second kappa shape index (κ2) is 5.75. The molecule has 0 saturated heterocycles. The van der Waals surface area contributed by atoms with Crippen LogP contribution in [-0.4, -0.2) is 5.97 Å². The van der Waals surface area contributed by atoms with E-state index in [1.54, 1.807) is 30.3 Å². The summed E-state index contributed by atoms with van der Waals surface area (Å²) >= 11 is 0. The zero-order chi connectivity index (χ0) is 8.97. The van der Waals surface area contributed by atoms with E-state index in [-0.39, 0.29) is 33.4 Å². The van der Waals surface area contributed by atoms with Gasteiger partial charge in [-0.25, -0.2) is 0 Å². The smallest absolute Gasteiger partial charge is 0.542 e. The maximum absolute atomic E-state index is 10.2. The predicted molar refractivity (Wildman–Crippen MR) is 41.2 cm³/mol. The van der Waals surface area contributed by atoms with Gasteiger partial charge in [0.15, 0.2) is 0 Å². The van der Waals surface area contributed by atoms with Crippen LogP contribution < -0.4 is 9.84 Å². The molecule has 0 aliphatic carbocycles. The first kappa shape index (κ1) is 12.2. The van der Waals surface area contributed by atoms with Gasteiger partial charge >= 0.3 is 27.7 Å². The Morgan fingerprint density at radius 2 is 1.85 bits per heavy atom. The van der Waals surface area contributed by atoms with Crippen LogP contribution in [0.5, 0.6) is 5.75 Å². The molecule has 0 fully saturated rings.